The van der Waals surface area contributed by atoms with Crippen LogP contribution in [0.15, 0.2) is 60.7 Å². The average Bonchev–Trinajstić information content (AvgIpc) is 2.91. The summed E-state index contributed by atoms with van der Waals surface area (Å²) in [4.78, 5) is 11.8. The number of amides is 1. The number of nitrogens with zero attached hydrogens (tertiary/aromatic N) is 1. The van der Waals surface area contributed by atoms with Gasteiger partial charge in [-0.05, 0) is 42.0 Å². The molecule has 3 nitrogen and oxygen atoms in total. The molecule has 0 atom stereocenters. The van der Waals surface area contributed by atoms with Crippen molar-refractivity contribution < 1.29 is 4.79 Å². The van der Waals surface area contributed by atoms with Crippen molar-refractivity contribution in [3.05, 3.63) is 82.9 Å². The van der Waals surface area contributed by atoms with Gasteiger partial charge in [-0.15, -0.1) is 0 Å². The van der Waals surface area contributed by atoms with Gasteiger partial charge in [-0.2, -0.15) is 0 Å². The third-order valence-electron chi connectivity index (χ3n) is 4.23. The Bertz CT molecular complexity index is 1060. The van der Waals surface area contributed by atoms with Crippen LogP contribution < -0.4 is 5.73 Å². The van der Waals surface area contributed by atoms with E-state index >= 15 is 0 Å². The highest BCUT2D eigenvalue weighted by Crippen LogP contribution is 2.31. The first-order valence-electron chi connectivity index (χ1n) is 7.61. The Morgan fingerprint density at radius 1 is 1.04 bits per heavy atom. The van der Waals surface area contributed by atoms with Gasteiger partial charge in [0.2, 0.25) is 5.91 Å². The molecule has 0 aliphatic rings. The van der Waals surface area contributed by atoms with Crippen LogP contribution in [0, 0.1) is 6.07 Å². The second kappa shape index (κ2) is 5.69. The topological polar surface area (TPSA) is 48.0 Å². The quantitative estimate of drug-likeness (QED) is 0.593. The van der Waals surface area contributed by atoms with Crippen LogP contribution >= 0.6 is 11.6 Å². The molecule has 1 amide bonds. The van der Waals surface area contributed by atoms with E-state index in [0.29, 0.717) is 17.1 Å². The number of aromatic nitrogens is 1. The van der Waals surface area contributed by atoms with Gasteiger partial charge in [0, 0.05) is 27.9 Å². The van der Waals surface area contributed by atoms with Crippen LogP contribution in [0.3, 0.4) is 0 Å². The number of primary amides is 1. The van der Waals surface area contributed by atoms with Crippen molar-refractivity contribution in [3.63, 3.8) is 0 Å². The molecule has 4 rings (SSSR count). The Hall–Kier alpha value is -2.78. The first kappa shape index (κ1) is 14.8. The van der Waals surface area contributed by atoms with Crippen LogP contribution in [0.25, 0.3) is 21.8 Å². The molecule has 24 heavy (non-hydrogen) atoms. The molecule has 0 fully saturated rings. The molecule has 1 radical (unpaired) electrons. The van der Waals surface area contributed by atoms with Crippen LogP contribution in [-0.2, 0) is 6.54 Å². The lowest BCUT2D eigenvalue weighted by atomic mass is 10.1. The van der Waals surface area contributed by atoms with E-state index in [2.05, 4.69) is 10.6 Å². The molecule has 4 aromatic rings. The SMILES string of the molecule is NC(=O)c1cccc2c1c1[c]cccc1n2Cc1ccc(Cl)cc1. The van der Waals surface area contributed by atoms with E-state index in [1.807, 2.05) is 54.6 Å². The van der Waals surface area contributed by atoms with Gasteiger partial charge >= 0.3 is 0 Å². The highest BCUT2D eigenvalue weighted by Gasteiger charge is 2.16. The number of carbonyl (C=O) groups is 1. The summed E-state index contributed by atoms with van der Waals surface area (Å²) >= 11 is 5.98. The molecule has 0 aliphatic carbocycles. The van der Waals surface area contributed by atoms with Crippen LogP contribution in [0.1, 0.15) is 15.9 Å². The first-order chi connectivity index (χ1) is 11.6. The summed E-state index contributed by atoms with van der Waals surface area (Å²) in [6, 6.07) is 22.5. The molecule has 4 heteroatoms. The first-order valence-corrected chi connectivity index (χ1v) is 7.99. The molecule has 3 aromatic carbocycles. The Morgan fingerprint density at radius 3 is 2.54 bits per heavy atom. The zero-order valence-electron chi connectivity index (χ0n) is 12.8. The lowest BCUT2D eigenvalue weighted by Gasteiger charge is -2.08. The molecule has 1 heterocycles. The second-order valence-electron chi connectivity index (χ2n) is 5.71. The summed E-state index contributed by atoms with van der Waals surface area (Å²) in [5.74, 6) is -0.427. The minimum atomic E-state index is -0.427. The van der Waals surface area contributed by atoms with E-state index in [1.165, 1.54) is 0 Å². The van der Waals surface area contributed by atoms with Crippen LogP contribution in [0.2, 0.25) is 5.02 Å². The number of rotatable bonds is 3. The van der Waals surface area contributed by atoms with Crippen molar-refractivity contribution in [1.82, 2.24) is 4.57 Å². The van der Waals surface area contributed by atoms with Crippen molar-refractivity contribution in [2.45, 2.75) is 6.54 Å². The molecule has 117 valence electrons. The highest BCUT2D eigenvalue weighted by molar-refractivity contribution is 6.30. The molecule has 1 aromatic heterocycles. The Balaban J connectivity index is 2.01. The maximum absolute atomic E-state index is 11.8. The fraction of sp³-hybridized carbons (Fsp3) is 0.0500. The molecule has 0 bridgehead atoms. The summed E-state index contributed by atoms with van der Waals surface area (Å²) < 4.78 is 2.18. The monoisotopic (exact) mass is 333 g/mol. The molecule has 0 saturated carbocycles. The van der Waals surface area contributed by atoms with Crippen LogP contribution in [0.4, 0.5) is 0 Å². The minimum Gasteiger partial charge on any atom is -0.366 e. The molecule has 0 unspecified atom stereocenters. The predicted octanol–water partition coefficient (Wildman–Crippen LogP) is 4.40. The lowest BCUT2D eigenvalue weighted by molar-refractivity contribution is 0.100. The largest absolute Gasteiger partial charge is 0.366 e. The molecular formula is C20H14ClN2O. The van der Waals surface area contributed by atoms with Crippen LogP contribution in [-0.4, -0.2) is 10.5 Å². The normalized spacial score (nSPS) is 11.2. The summed E-state index contributed by atoms with van der Waals surface area (Å²) in [6.45, 7) is 0.678. The van der Waals surface area contributed by atoms with Gasteiger partial charge in [0.05, 0.1) is 11.0 Å². The smallest absolute Gasteiger partial charge is 0.249 e. The maximum atomic E-state index is 11.8. The van der Waals surface area contributed by atoms with Crippen LogP contribution in [0.5, 0.6) is 0 Å². The van der Waals surface area contributed by atoms with E-state index in [0.717, 1.165) is 27.4 Å². The third kappa shape index (κ3) is 2.34. The maximum Gasteiger partial charge on any atom is 0.249 e. The fourth-order valence-corrected chi connectivity index (χ4v) is 3.28. The van der Waals surface area contributed by atoms with Crippen molar-refractivity contribution in [2.75, 3.05) is 0 Å². The zero-order chi connectivity index (χ0) is 16.7. The summed E-state index contributed by atoms with van der Waals surface area (Å²) in [7, 11) is 0. The van der Waals surface area contributed by atoms with Gasteiger partial charge in [0.15, 0.2) is 0 Å². The van der Waals surface area contributed by atoms with Crippen molar-refractivity contribution >= 4 is 39.3 Å². The van der Waals surface area contributed by atoms with E-state index in [9.17, 15) is 4.79 Å². The van der Waals surface area contributed by atoms with E-state index in [-0.39, 0.29) is 0 Å². The number of benzene rings is 3. The number of nitrogens with two attached hydrogens (primary N) is 1. The van der Waals surface area contributed by atoms with Crippen molar-refractivity contribution in [1.29, 1.82) is 0 Å². The predicted molar refractivity (Wildman–Crippen MR) is 97.4 cm³/mol. The molecular weight excluding hydrogens is 320 g/mol. The van der Waals surface area contributed by atoms with E-state index < -0.39 is 5.91 Å². The number of hydrogen-bond donors (Lipinski definition) is 1. The molecule has 0 aliphatic heterocycles. The molecule has 0 spiro atoms. The number of halogens is 1. The Kier molecular flexibility index (Phi) is 3.51. The van der Waals surface area contributed by atoms with Gasteiger partial charge in [0.25, 0.3) is 0 Å². The molecule has 2 N–H and O–H groups in total. The minimum absolute atomic E-state index is 0.427. The molecule has 0 saturated heterocycles. The van der Waals surface area contributed by atoms with E-state index in [4.69, 9.17) is 17.3 Å². The zero-order valence-corrected chi connectivity index (χ0v) is 13.5. The summed E-state index contributed by atoms with van der Waals surface area (Å²) in [5, 5.41) is 2.48. The van der Waals surface area contributed by atoms with Crippen molar-refractivity contribution in [3.8, 4) is 0 Å². The number of carbonyl (C=O) groups excluding carboxylic acids is 1. The second-order valence-corrected chi connectivity index (χ2v) is 6.14. The highest BCUT2D eigenvalue weighted by atomic mass is 35.5. The summed E-state index contributed by atoms with van der Waals surface area (Å²) in [5.41, 5.74) is 9.22. The van der Waals surface area contributed by atoms with E-state index in [1.54, 1.807) is 6.07 Å². The lowest BCUT2D eigenvalue weighted by Crippen LogP contribution is -2.11. The van der Waals surface area contributed by atoms with Gasteiger partial charge in [-0.25, -0.2) is 0 Å². The Morgan fingerprint density at radius 2 is 1.79 bits per heavy atom. The van der Waals surface area contributed by atoms with Gasteiger partial charge in [0.1, 0.15) is 0 Å². The van der Waals surface area contributed by atoms with Gasteiger partial charge < -0.3 is 10.3 Å². The Labute approximate surface area is 144 Å². The fourth-order valence-electron chi connectivity index (χ4n) is 3.16. The van der Waals surface area contributed by atoms with Gasteiger partial charge in [-0.3, -0.25) is 4.79 Å². The number of fused-ring (bicyclic) bond motifs is 3. The third-order valence-corrected chi connectivity index (χ3v) is 4.48. The van der Waals surface area contributed by atoms with Crippen molar-refractivity contribution in [2.24, 2.45) is 5.73 Å². The standard InChI is InChI=1S/C20H14ClN2O/c21-14-10-8-13(9-11-14)12-23-17-6-2-1-4-15(17)19-16(20(22)24)5-3-7-18(19)23/h1-3,5-11H,12H2,(H2,22,24). The van der Waals surface area contributed by atoms with Gasteiger partial charge in [-0.1, -0.05) is 41.9 Å². The average molecular weight is 334 g/mol. The summed E-state index contributed by atoms with van der Waals surface area (Å²) in [6.07, 6.45) is 0. The number of hydrogen-bond acceptors (Lipinski definition) is 1.